The van der Waals surface area contributed by atoms with Crippen LogP contribution in [0.4, 0.5) is 0 Å². The number of para-hydroxylation sites is 1. The van der Waals surface area contributed by atoms with E-state index in [1.54, 1.807) is 7.11 Å². The highest BCUT2D eigenvalue weighted by atomic mass is 16.5. The van der Waals surface area contributed by atoms with Crippen LogP contribution < -0.4 is 10.1 Å². The van der Waals surface area contributed by atoms with Crippen molar-refractivity contribution >= 4 is 5.97 Å². The summed E-state index contributed by atoms with van der Waals surface area (Å²) in [5.41, 5.74) is 1.04. The summed E-state index contributed by atoms with van der Waals surface area (Å²) < 4.78 is 10.5. The van der Waals surface area contributed by atoms with Crippen molar-refractivity contribution < 1.29 is 14.3 Å². The average Bonchev–Trinajstić information content (AvgIpc) is 2.46. The van der Waals surface area contributed by atoms with Gasteiger partial charge in [-0.1, -0.05) is 31.5 Å². The highest BCUT2D eigenvalue weighted by Gasteiger charge is 2.22. The largest absolute Gasteiger partial charge is 0.496 e. The minimum Gasteiger partial charge on any atom is -0.496 e. The second-order valence-electron chi connectivity index (χ2n) is 4.72. The van der Waals surface area contributed by atoms with Gasteiger partial charge in [0.2, 0.25) is 0 Å². The number of ether oxygens (including phenoxy) is 2. The highest BCUT2D eigenvalue weighted by Crippen LogP contribution is 2.25. The molecular weight excluding hydrogens is 254 g/mol. The van der Waals surface area contributed by atoms with Crippen LogP contribution in [-0.2, 0) is 9.53 Å². The van der Waals surface area contributed by atoms with Crippen molar-refractivity contribution in [2.24, 2.45) is 0 Å². The van der Waals surface area contributed by atoms with Crippen molar-refractivity contribution in [2.75, 3.05) is 13.7 Å². The minimum absolute atomic E-state index is 0.0205. The van der Waals surface area contributed by atoms with Crippen LogP contribution in [0.5, 0.6) is 5.75 Å². The van der Waals surface area contributed by atoms with Gasteiger partial charge in [0.25, 0.3) is 0 Å². The van der Waals surface area contributed by atoms with E-state index in [2.05, 4.69) is 12.2 Å². The molecule has 0 spiro atoms. The smallest absolute Gasteiger partial charge is 0.323 e. The molecule has 0 amide bonds. The molecule has 4 heteroatoms. The van der Waals surface area contributed by atoms with Crippen molar-refractivity contribution in [3.8, 4) is 5.75 Å². The third kappa shape index (κ3) is 4.53. The first kappa shape index (κ1) is 16.5. The van der Waals surface area contributed by atoms with Crippen LogP contribution in [0.25, 0.3) is 0 Å². The third-order valence-electron chi connectivity index (χ3n) is 3.21. The molecule has 0 fully saturated rings. The second kappa shape index (κ2) is 8.59. The Balaban J connectivity index is 2.79. The molecule has 1 unspecified atom stereocenters. The van der Waals surface area contributed by atoms with Gasteiger partial charge in [0, 0.05) is 11.6 Å². The van der Waals surface area contributed by atoms with Gasteiger partial charge >= 0.3 is 5.97 Å². The Bertz CT molecular complexity index is 420. The minimum atomic E-state index is -0.278. The monoisotopic (exact) mass is 279 g/mol. The van der Waals surface area contributed by atoms with Crippen molar-refractivity contribution in [1.82, 2.24) is 5.32 Å². The van der Waals surface area contributed by atoms with Gasteiger partial charge in [-0.2, -0.15) is 0 Å². The molecule has 1 N–H and O–H groups in total. The van der Waals surface area contributed by atoms with Crippen molar-refractivity contribution in [2.45, 2.75) is 45.7 Å². The van der Waals surface area contributed by atoms with Crippen LogP contribution >= 0.6 is 0 Å². The summed E-state index contributed by atoms with van der Waals surface area (Å²) in [5.74, 6) is 0.641. The molecule has 1 rings (SSSR count). The second-order valence-corrected chi connectivity index (χ2v) is 4.72. The molecule has 0 aromatic heterocycles. The van der Waals surface area contributed by atoms with Crippen LogP contribution in [-0.4, -0.2) is 25.7 Å². The van der Waals surface area contributed by atoms with Gasteiger partial charge in [0.05, 0.1) is 13.7 Å². The van der Waals surface area contributed by atoms with E-state index in [1.165, 1.54) is 0 Å². The Morgan fingerprint density at radius 1 is 1.30 bits per heavy atom. The number of esters is 1. The van der Waals surface area contributed by atoms with Gasteiger partial charge in [-0.25, -0.2) is 0 Å². The zero-order chi connectivity index (χ0) is 15.0. The Morgan fingerprint density at radius 3 is 2.60 bits per heavy atom. The van der Waals surface area contributed by atoms with Crippen molar-refractivity contribution in [3.05, 3.63) is 29.8 Å². The van der Waals surface area contributed by atoms with E-state index in [9.17, 15) is 4.79 Å². The predicted octanol–water partition coefficient (Wildman–Crippen LogP) is 3.08. The fourth-order valence-corrected chi connectivity index (χ4v) is 2.22. The number of carbonyl (C=O) groups is 1. The summed E-state index contributed by atoms with van der Waals surface area (Å²) in [6.45, 7) is 6.32. The van der Waals surface area contributed by atoms with Gasteiger partial charge in [-0.15, -0.1) is 0 Å². The van der Waals surface area contributed by atoms with Gasteiger partial charge in [-0.3, -0.25) is 10.1 Å². The molecule has 2 atom stereocenters. The number of hydrogen-bond donors (Lipinski definition) is 1. The van der Waals surface area contributed by atoms with E-state index in [0.717, 1.165) is 24.2 Å². The lowest BCUT2D eigenvalue weighted by Gasteiger charge is -2.23. The molecule has 4 nitrogen and oxygen atoms in total. The summed E-state index contributed by atoms with van der Waals surface area (Å²) in [7, 11) is 1.65. The zero-order valence-corrected chi connectivity index (χ0v) is 12.8. The fraction of sp³-hybridized carbons (Fsp3) is 0.562. The van der Waals surface area contributed by atoms with E-state index in [4.69, 9.17) is 9.47 Å². The quantitative estimate of drug-likeness (QED) is 0.743. The van der Waals surface area contributed by atoms with Crippen LogP contribution in [0.15, 0.2) is 24.3 Å². The molecule has 0 heterocycles. The number of carbonyl (C=O) groups excluding carboxylic acids is 1. The lowest BCUT2D eigenvalue weighted by molar-refractivity contribution is -0.146. The number of methoxy groups -OCH3 is 1. The Hall–Kier alpha value is -1.55. The van der Waals surface area contributed by atoms with Crippen LogP contribution in [0.1, 0.15) is 45.2 Å². The lowest BCUT2D eigenvalue weighted by Crippen LogP contribution is -2.39. The van der Waals surface area contributed by atoms with E-state index >= 15 is 0 Å². The van der Waals surface area contributed by atoms with Gasteiger partial charge < -0.3 is 9.47 Å². The molecule has 0 saturated carbocycles. The number of rotatable bonds is 8. The van der Waals surface area contributed by atoms with Crippen molar-refractivity contribution in [1.29, 1.82) is 0 Å². The van der Waals surface area contributed by atoms with Crippen LogP contribution in [0.2, 0.25) is 0 Å². The SMILES string of the molecule is CCCC(N[C@@H](C)c1ccccc1OC)C(=O)OCC. The van der Waals surface area contributed by atoms with Gasteiger partial charge in [-0.05, 0) is 26.3 Å². The molecule has 0 aliphatic carbocycles. The third-order valence-corrected chi connectivity index (χ3v) is 3.21. The molecule has 0 saturated heterocycles. The van der Waals surface area contributed by atoms with E-state index in [0.29, 0.717) is 6.61 Å². The molecule has 20 heavy (non-hydrogen) atoms. The topological polar surface area (TPSA) is 47.6 Å². The zero-order valence-electron chi connectivity index (χ0n) is 12.8. The molecule has 0 aliphatic heterocycles. The lowest BCUT2D eigenvalue weighted by atomic mass is 10.0. The Kier molecular flexibility index (Phi) is 7.09. The number of nitrogens with one attached hydrogen (secondary N) is 1. The summed E-state index contributed by atoms with van der Waals surface area (Å²) in [6, 6.07) is 7.57. The van der Waals surface area contributed by atoms with E-state index in [1.807, 2.05) is 38.1 Å². The molecular formula is C16H25NO3. The molecule has 112 valence electrons. The van der Waals surface area contributed by atoms with Crippen LogP contribution in [0.3, 0.4) is 0 Å². The normalized spacial score (nSPS) is 13.6. The van der Waals surface area contributed by atoms with Gasteiger partial charge in [0.1, 0.15) is 11.8 Å². The van der Waals surface area contributed by atoms with Crippen LogP contribution in [0, 0.1) is 0 Å². The first-order valence-corrected chi connectivity index (χ1v) is 7.19. The summed E-state index contributed by atoms with van der Waals surface area (Å²) >= 11 is 0. The number of benzene rings is 1. The molecule has 1 aromatic carbocycles. The standard InChI is InChI=1S/C16H25NO3/c1-5-9-14(16(18)20-6-2)17-12(3)13-10-7-8-11-15(13)19-4/h7-8,10-12,14,17H,5-6,9H2,1-4H3/t12-,14?/m0/s1. The average molecular weight is 279 g/mol. The molecule has 0 bridgehead atoms. The fourth-order valence-electron chi connectivity index (χ4n) is 2.22. The maximum atomic E-state index is 11.9. The first-order chi connectivity index (χ1) is 9.63. The summed E-state index contributed by atoms with van der Waals surface area (Å²) in [4.78, 5) is 11.9. The first-order valence-electron chi connectivity index (χ1n) is 7.19. The number of hydrogen-bond acceptors (Lipinski definition) is 4. The molecule has 0 radical (unpaired) electrons. The summed E-state index contributed by atoms with van der Waals surface area (Å²) in [6.07, 6.45) is 1.69. The van der Waals surface area contributed by atoms with E-state index < -0.39 is 0 Å². The summed E-state index contributed by atoms with van der Waals surface area (Å²) in [5, 5.41) is 3.34. The predicted molar refractivity (Wildman–Crippen MR) is 79.9 cm³/mol. The maximum Gasteiger partial charge on any atom is 0.323 e. The molecule has 0 aliphatic rings. The molecule has 1 aromatic rings. The maximum absolute atomic E-state index is 11.9. The highest BCUT2D eigenvalue weighted by molar-refractivity contribution is 5.75. The Morgan fingerprint density at radius 2 is 2.00 bits per heavy atom. The van der Waals surface area contributed by atoms with Crippen molar-refractivity contribution in [3.63, 3.8) is 0 Å². The van der Waals surface area contributed by atoms with E-state index in [-0.39, 0.29) is 18.1 Å². The van der Waals surface area contributed by atoms with Gasteiger partial charge in [0.15, 0.2) is 0 Å². The Labute approximate surface area is 121 Å².